The first kappa shape index (κ1) is 26.7. The zero-order valence-corrected chi connectivity index (χ0v) is 23.9. The minimum absolute atomic E-state index is 0.0687. The molecule has 2 bridgehead atoms. The van der Waals surface area contributed by atoms with Gasteiger partial charge in [-0.25, -0.2) is 4.39 Å². The van der Waals surface area contributed by atoms with Crippen molar-refractivity contribution >= 4 is 0 Å². The molecule has 5 aliphatic carbocycles. The number of fused-ring (bicyclic) bond motifs is 3. The average molecular weight is 499 g/mol. The first-order chi connectivity index (χ1) is 16.6. The van der Waals surface area contributed by atoms with Gasteiger partial charge in [-0.2, -0.15) is 0 Å². The standard InChI is InChI=1S/C33H51FO2/c1-22(9-8-14-28(2,3)36)24-12-15-31(7)25-13-16-33-20-19-32(25,18-17-30(24,31)6)26(34)21-23(33)10-11-27(35)29(33,4)5/h8,13-14,16,21-22,24-27,35-36H,9-12,15,17-20H2,1-7H3/b14-8+/t22-,24-,25?,26?,27+,30-,31+,32-,33-/m1/s1. The second kappa shape index (κ2) is 8.28. The lowest BCUT2D eigenvalue weighted by molar-refractivity contribution is -0.123. The topological polar surface area (TPSA) is 40.5 Å². The zero-order chi connectivity index (χ0) is 26.4. The second-order valence-electron chi connectivity index (χ2n) is 15.2. The van der Waals surface area contributed by atoms with E-state index in [2.05, 4.69) is 52.8 Å². The maximum absolute atomic E-state index is 16.6. The summed E-state index contributed by atoms with van der Waals surface area (Å²) in [6, 6.07) is 0. The Labute approximate surface area is 219 Å². The van der Waals surface area contributed by atoms with Crippen molar-refractivity contribution in [3.8, 4) is 0 Å². The number of hydrogen-bond donors (Lipinski definition) is 2. The van der Waals surface area contributed by atoms with Crippen molar-refractivity contribution in [2.45, 2.75) is 124 Å². The third-order valence-electron chi connectivity index (χ3n) is 12.9. The molecule has 0 amide bonds. The van der Waals surface area contributed by atoms with Gasteiger partial charge in [0.1, 0.15) is 6.17 Å². The van der Waals surface area contributed by atoms with Crippen LogP contribution in [-0.4, -0.2) is 28.1 Å². The summed E-state index contributed by atoms with van der Waals surface area (Å²) in [5.74, 6) is 1.38. The summed E-state index contributed by atoms with van der Waals surface area (Å²) in [7, 11) is 0. The lowest BCUT2D eigenvalue weighted by atomic mass is 9.43. The van der Waals surface area contributed by atoms with Gasteiger partial charge in [0.2, 0.25) is 0 Å². The van der Waals surface area contributed by atoms with Crippen molar-refractivity contribution in [3.63, 3.8) is 0 Å². The molecule has 3 heteroatoms. The molecule has 0 aromatic heterocycles. The number of rotatable bonds is 4. The quantitative estimate of drug-likeness (QED) is 0.386. The normalized spacial score (nSPS) is 48.6. The van der Waals surface area contributed by atoms with E-state index < -0.39 is 11.8 Å². The van der Waals surface area contributed by atoms with Gasteiger partial charge < -0.3 is 10.2 Å². The van der Waals surface area contributed by atoms with Crippen LogP contribution in [0, 0.1) is 44.8 Å². The predicted molar refractivity (Wildman–Crippen MR) is 146 cm³/mol. The Balaban J connectivity index is 1.52. The molecule has 0 radical (unpaired) electrons. The summed E-state index contributed by atoms with van der Waals surface area (Å²) < 4.78 is 16.6. The van der Waals surface area contributed by atoms with E-state index in [9.17, 15) is 10.2 Å². The maximum Gasteiger partial charge on any atom is 0.125 e. The van der Waals surface area contributed by atoms with Crippen LogP contribution in [0.1, 0.15) is 106 Å². The number of aliphatic hydroxyl groups excluding tert-OH is 1. The van der Waals surface area contributed by atoms with Gasteiger partial charge in [0.15, 0.2) is 0 Å². The molecule has 0 saturated heterocycles. The Morgan fingerprint density at radius 1 is 1.06 bits per heavy atom. The summed E-state index contributed by atoms with van der Waals surface area (Å²) in [4.78, 5) is 0. The van der Waals surface area contributed by atoms with E-state index in [-0.39, 0.29) is 39.1 Å². The molecule has 0 aliphatic heterocycles. The van der Waals surface area contributed by atoms with Gasteiger partial charge in [0.05, 0.1) is 11.7 Å². The first-order valence-corrected chi connectivity index (χ1v) is 14.8. The molecule has 5 aliphatic rings. The van der Waals surface area contributed by atoms with Gasteiger partial charge in [-0.1, -0.05) is 70.6 Å². The highest BCUT2D eigenvalue weighted by Gasteiger charge is 2.68. The summed E-state index contributed by atoms with van der Waals surface area (Å²) in [5, 5.41) is 21.2. The molecule has 0 heterocycles. The van der Waals surface area contributed by atoms with Crippen molar-refractivity contribution in [1.29, 1.82) is 0 Å². The largest absolute Gasteiger partial charge is 0.393 e. The van der Waals surface area contributed by atoms with Crippen LogP contribution in [-0.2, 0) is 0 Å². The highest BCUT2D eigenvalue weighted by molar-refractivity contribution is 5.38. The van der Waals surface area contributed by atoms with Crippen LogP contribution in [0.2, 0.25) is 0 Å². The van der Waals surface area contributed by atoms with Gasteiger partial charge in [-0.15, -0.1) is 0 Å². The minimum atomic E-state index is -0.900. The molecule has 0 aromatic carbocycles. The molecule has 2 spiro atoms. The van der Waals surface area contributed by atoms with Gasteiger partial charge >= 0.3 is 0 Å². The molecule has 0 aromatic rings. The third-order valence-corrected chi connectivity index (χ3v) is 12.9. The fourth-order valence-corrected chi connectivity index (χ4v) is 10.3. The molecule has 2 N–H and O–H groups in total. The Hall–Kier alpha value is -0.930. The van der Waals surface area contributed by atoms with E-state index in [4.69, 9.17) is 0 Å². The molecular formula is C33H51FO2. The predicted octanol–water partition coefficient (Wildman–Crippen LogP) is 7.95. The highest BCUT2D eigenvalue weighted by atomic mass is 19.1. The van der Waals surface area contributed by atoms with Crippen LogP contribution in [0.25, 0.3) is 0 Å². The van der Waals surface area contributed by atoms with E-state index in [1.807, 2.05) is 26.0 Å². The van der Waals surface area contributed by atoms with Crippen LogP contribution >= 0.6 is 0 Å². The minimum Gasteiger partial charge on any atom is -0.393 e. The van der Waals surface area contributed by atoms with Gasteiger partial charge in [-0.3, -0.25) is 0 Å². The number of halogens is 1. The molecule has 2 nitrogen and oxygen atoms in total. The van der Waals surface area contributed by atoms with Crippen molar-refractivity contribution in [2.24, 2.45) is 44.8 Å². The Morgan fingerprint density at radius 3 is 2.44 bits per heavy atom. The van der Waals surface area contributed by atoms with E-state index in [1.54, 1.807) is 0 Å². The lowest BCUT2D eigenvalue weighted by Crippen LogP contribution is -2.56. The van der Waals surface area contributed by atoms with Crippen LogP contribution in [0.15, 0.2) is 36.0 Å². The summed E-state index contributed by atoms with van der Waals surface area (Å²) >= 11 is 0. The summed E-state index contributed by atoms with van der Waals surface area (Å²) in [6.45, 7) is 15.5. The number of allylic oxidation sites excluding steroid dienone is 5. The van der Waals surface area contributed by atoms with Crippen molar-refractivity contribution < 1.29 is 14.6 Å². The van der Waals surface area contributed by atoms with Crippen LogP contribution in [0.4, 0.5) is 4.39 Å². The monoisotopic (exact) mass is 498 g/mol. The van der Waals surface area contributed by atoms with E-state index in [1.165, 1.54) is 12.0 Å². The van der Waals surface area contributed by atoms with Crippen LogP contribution < -0.4 is 0 Å². The van der Waals surface area contributed by atoms with Crippen LogP contribution in [0.3, 0.4) is 0 Å². The fourth-order valence-electron chi connectivity index (χ4n) is 10.3. The average Bonchev–Trinajstić information content (AvgIpc) is 2.89. The van der Waals surface area contributed by atoms with Gasteiger partial charge in [0, 0.05) is 16.2 Å². The smallest absolute Gasteiger partial charge is 0.125 e. The second-order valence-corrected chi connectivity index (χ2v) is 15.2. The molecule has 3 fully saturated rings. The Kier molecular flexibility index (Phi) is 6.14. The highest BCUT2D eigenvalue weighted by Crippen LogP contribution is 2.75. The summed E-state index contributed by atoms with van der Waals surface area (Å²) in [5.41, 5.74) is -0.0930. The van der Waals surface area contributed by atoms with Crippen molar-refractivity contribution in [1.82, 2.24) is 0 Å². The van der Waals surface area contributed by atoms with E-state index in [0.29, 0.717) is 11.8 Å². The van der Waals surface area contributed by atoms with E-state index >= 15 is 4.39 Å². The molecule has 5 rings (SSSR count). The van der Waals surface area contributed by atoms with E-state index in [0.717, 1.165) is 51.4 Å². The maximum atomic E-state index is 16.6. The summed E-state index contributed by atoms with van der Waals surface area (Å²) in [6.07, 6.45) is 18.7. The molecule has 202 valence electrons. The Bertz CT molecular complexity index is 971. The number of alkyl halides is 1. The number of aliphatic hydroxyl groups is 2. The van der Waals surface area contributed by atoms with Crippen molar-refractivity contribution in [3.05, 3.63) is 36.0 Å². The molecule has 36 heavy (non-hydrogen) atoms. The van der Waals surface area contributed by atoms with Gasteiger partial charge in [-0.05, 0) is 100 Å². The van der Waals surface area contributed by atoms with Crippen LogP contribution in [0.5, 0.6) is 0 Å². The molecule has 3 saturated carbocycles. The Morgan fingerprint density at radius 2 is 1.75 bits per heavy atom. The SMILES string of the molecule is C[C@H](C/C=C/C(C)(C)O)[C@H]1CC[C@@]2(C)C3C=C[C@@]45CC[C@@]3(CC[C@]12C)C(F)C=C4CC[C@H](O)C5(C)C. The molecule has 2 unspecified atom stereocenters. The number of hydrogen-bond acceptors (Lipinski definition) is 2. The van der Waals surface area contributed by atoms with Crippen molar-refractivity contribution in [2.75, 3.05) is 0 Å². The zero-order valence-electron chi connectivity index (χ0n) is 23.9. The first-order valence-electron chi connectivity index (χ1n) is 14.8. The van der Waals surface area contributed by atoms with Gasteiger partial charge in [0.25, 0.3) is 0 Å². The third kappa shape index (κ3) is 3.47. The lowest BCUT2D eigenvalue weighted by Gasteiger charge is -2.61. The fraction of sp³-hybridized carbons (Fsp3) is 0.818. The molecular weight excluding hydrogens is 447 g/mol. The molecule has 9 atom stereocenters.